The number of aryl methyl sites for hydroxylation is 2. The summed E-state index contributed by atoms with van der Waals surface area (Å²) in [5.41, 5.74) is 2.20. The summed E-state index contributed by atoms with van der Waals surface area (Å²) in [4.78, 5) is 33.3. The molecule has 32 heavy (non-hydrogen) atoms. The number of likely N-dealkylation sites (N-methyl/N-ethyl adjacent to an activating group) is 1. The zero-order valence-electron chi connectivity index (χ0n) is 19.2. The summed E-state index contributed by atoms with van der Waals surface area (Å²) >= 11 is 0. The molecule has 0 aliphatic rings. The first-order valence-corrected chi connectivity index (χ1v) is 11.1. The van der Waals surface area contributed by atoms with Crippen LogP contribution in [-0.4, -0.2) is 47.6 Å². The van der Waals surface area contributed by atoms with Gasteiger partial charge in [0.2, 0.25) is 5.78 Å². The summed E-state index contributed by atoms with van der Waals surface area (Å²) < 4.78 is 6.66. The summed E-state index contributed by atoms with van der Waals surface area (Å²) in [5.74, 6) is 0.689. The summed E-state index contributed by atoms with van der Waals surface area (Å²) in [6.07, 6.45) is 5.68. The van der Waals surface area contributed by atoms with Gasteiger partial charge in [-0.1, -0.05) is 56.3 Å². The quantitative estimate of drug-likeness (QED) is 0.427. The van der Waals surface area contributed by atoms with Gasteiger partial charge in [0, 0.05) is 38.6 Å². The van der Waals surface area contributed by atoms with Gasteiger partial charge in [0.1, 0.15) is 0 Å². The van der Waals surface area contributed by atoms with Crippen LogP contribution in [0.2, 0.25) is 0 Å². The Morgan fingerprint density at radius 1 is 1.06 bits per heavy atom. The fraction of sp³-hybridized carbons (Fsp3) is 0.375. The van der Waals surface area contributed by atoms with E-state index in [1.807, 2.05) is 60.0 Å². The molecule has 1 aromatic carbocycles. The Kier molecular flexibility index (Phi) is 6.14. The van der Waals surface area contributed by atoms with Gasteiger partial charge in [-0.25, -0.2) is 4.79 Å². The monoisotopic (exact) mass is 434 g/mol. The van der Waals surface area contributed by atoms with Gasteiger partial charge in [0.05, 0.1) is 0 Å². The average Bonchev–Trinajstić information content (AvgIpc) is 3.31. The molecular formula is C24H30N6O2. The zero-order chi connectivity index (χ0) is 22.8. The van der Waals surface area contributed by atoms with Gasteiger partial charge < -0.3 is 9.47 Å². The van der Waals surface area contributed by atoms with Crippen LogP contribution in [0.25, 0.3) is 23.0 Å². The molecule has 0 fully saturated rings. The van der Waals surface area contributed by atoms with Crippen molar-refractivity contribution in [3.8, 4) is 0 Å². The first-order valence-electron chi connectivity index (χ1n) is 11.1. The van der Waals surface area contributed by atoms with E-state index in [2.05, 4.69) is 23.3 Å². The standard InChI is InChI=1S/C24H30N6O2/c1-5-27(6-2)15-16-28-18(3)17-30-20-21(25-23(28)30)26(4)24(32)29(22(20)31)14-10-13-19-11-8-7-9-12-19/h7-13,17H,5-6,14-16H2,1-4H3/b13-10+. The van der Waals surface area contributed by atoms with Crippen molar-refractivity contribution in [1.82, 2.24) is 28.0 Å². The maximum Gasteiger partial charge on any atom is 0.332 e. The van der Waals surface area contributed by atoms with Crippen LogP contribution < -0.4 is 11.2 Å². The van der Waals surface area contributed by atoms with Crippen molar-refractivity contribution in [2.24, 2.45) is 7.05 Å². The SMILES string of the molecule is CCN(CC)CCn1c(C)cn2c3c(=O)n(C/C=C/c4ccccc4)c(=O)n(C)c3nc12. The Bertz CT molecular complexity index is 1380. The van der Waals surface area contributed by atoms with Crippen molar-refractivity contribution >= 4 is 23.0 Å². The Labute approximate surface area is 186 Å². The minimum absolute atomic E-state index is 0.200. The minimum Gasteiger partial charge on any atom is -0.313 e. The van der Waals surface area contributed by atoms with E-state index in [0.717, 1.165) is 37.4 Å². The van der Waals surface area contributed by atoms with Gasteiger partial charge >= 0.3 is 5.69 Å². The van der Waals surface area contributed by atoms with Crippen LogP contribution in [0, 0.1) is 6.92 Å². The molecule has 0 bridgehead atoms. The number of imidazole rings is 2. The molecule has 0 radical (unpaired) electrons. The molecule has 4 aromatic rings. The van der Waals surface area contributed by atoms with Gasteiger partial charge in [-0.3, -0.25) is 18.3 Å². The van der Waals surface area contributed by atoms with Crippen molar-refractivity contribution in [3.05, 3.63) is 74.7 Å². The molecule has 3 aromatic heterocycles. The highest BCUT2D eigenvalue weighted by Crippen LogP contribution is 2.16. The molecular weight excluding hydrogens is 404 g/mol. The average molecular weight is 435 g/mol. The lowest BCUT2D eigenvalue weighted by molar-refractivity contribution is 0.291. The predicted molar refractivity (Wildman–Crippen MR) is 128 cm³/mol. The Balaban J connectivity index is 1.77. The third kappa shape index (κ3) is 3.82. The molecule has 8 nitrogen and oxygen atoms in total. The van der Waals surface area contributed by atoms with E-state index in [0.29, 0.717) is 16.9 Å². The van der Waals surface area contributed by atoms with E-state index in [1.54, 1.807) is 7.05 Å². The van der Waals surface area contributed by atoms with Crippen molar-refractivity contribution < 1.29 is 0 Å². The molecule has 168 valence electrons. The van der Waals surface area contributed by atoms with Crippen LogP contribution in [0.3, 0.4) is 0 Å². The fourth-order valence-corrected chi connectivity index (χ4v) is 4.13. The van der Waals surface area contributed by atoms with E-state index < -0.39 is 0 Å². The molecule has 0 unspecified atom stereocenters. The molecule has 4 rings (SSSR count). The highest BCUT2D eigenvalue weighted by molar-refractivity contribution is 5.75. The molecule has 8 heteroatoms. The van der Waals surface area contributed by atoms with Gasteiger partial charge in [-0.15, -0.1) is 0 Å². The number of fused-ring (bicyclic) bond motifs is 3. The second-order valence-corrected chi connectivity index (χ2v) is 7.97. The number of aromatic nitrogens is 5. The van der Waals surface area contributed by atoms with Gasteiger partial charge in [0.15, 0.2) is 11.2 Å². The predicted octanol–water partition coefficient (Wildman–Crippen LogP) is 2.51. The van der Waals surface area contributed by atoms with Gasteiger partial charge in [0.25, 0.3) is 5.56 Å². The van der Waals surface area contributed by atoms with Gasteiger partial charge in [-0.05, 0) is 25.6 Å². The molecule has 0 spiro atoms. The molecule has 0 aliphatic carbocycles. The normalized spacial score (nSPS) is 12.2. The molecule has 0 amide bonds. The van der Waals surface area contributed by atoms with Crippen LogP contribution >= 0.6 is 0 Å². The lowest BCUT2D eigenvalue weighted by Gasteiger charge is -2.18. The molecule has 0 saturated carbocycles. The Hall–Kier alpha value is -3.39. The fourth-order valence-electron chi connectivity index (χ4n) is 4.13. The number of nitrogens with zero attached hydrogens (tertiary/aromatic N) is 6. The first-order chi connectivity index (χ1) is 15.5. The summed E-state index contributed by atoms with van der Waals surface area (Å²) in [6.45, 7) is 10.2. The van der Waals surface area contributed by atoms with Crippen LogP contribution in [0.1, 0.15) is 25.1 Å². The first kappa shape index (κ1) is 21.8. The van der Waals surface area contributed by atoms with Crippen molar-refractivity contribution in [1.29, 1.82) is 0 Å². The third-order valence-corrected chi connectivity index (χ3v) is 6.07. The second-order valence-electron chi connectivity index (χ2n) is 7.97. The van der Waals surface area contributed by atoms with E-state index >= 15 is 0 Å². The number of rotatable bonds is 8. The number of benzene rings is 1. The van der Waals surface area contributed by atoms with Gasteiger partial charge in [-0.2, -0.15) is 4.98 Å². The molecule has 0 saturated heterocycles. The highest BCUT2D eigenvalue weighted by Gasteiger charge is 2.20. The highest BCUT2D eigenvalue weighted by atomic mass is 16.2. The van der Waals surface area contributed by atoms with Crippen molar-refractivity contribution in [3.63, 3.8) is 0 Å². The summed E-state index contributed by atoms with van der Waals surface area (Å²) in [5, 5.41) is 0. The van der Waals surface area contributed by atoms with Crippen LogP contribution in [-0.2, 0) is 20.1 Å². The molecule has 0 atom stereocenters. The second kappa shape index (κ2) is 9.00. The van der Waals surface area contributed by atoms with E-state index in [4.69, 9.17) is 4.98 Å². The summed E-state index contributed by atoms with van der Waals surface area (Å²) in [7, 11) is 1.67. The van der Waals surface area contributed by atoms with Crippen LogP contribution in [0.15, 0.2) is 52.2 Å². The zero-order valence-corrected chi connectivity index (χ0v) is 19.2. The summed E-state index contributed by atoms with van der Waals surface area (Å²) in [6, 6.07) is 9.81. The van der Waals surface area contributed by atoms with Crippen molar-refractivity contribution in [2.45, 2.75) is 33.9 Å². The number of hydrogen-bond donors (Lipinski definition) is 0. The molecule has 3 heterocycles. The van der Waals surface area contributed by atoms with E-state index in [1.165, 1.54) is 9.13 Å². The maximum atomic E-state index is 13.3. The van der Waals surface area contributed by atoms with Crippen LogP contribution in [0.4, 0.5) is 0 Å². The topological polar surface area (TPSA) is 69.5 Å². The smallest absolute Gasteiger partial charge is 0.313 e. The maximum absolute atomic E-state index is 13.3. The molecule has 0 N–H and O–H groups in total. The lowest BCUT2D eigenvalue weighted by atomic mass is 10.2. The third-order valence-electron chi connectivity index (χ3n) is 6.07. The number of allylic oxidation sites excluding steroid dienone is 1. The minimum atomic E-state index is -0.368. The molecule has 0 aliphatic heterocycles. The largest absolute Gasteiger partial charge is 0.332 e. The van der Waals surface area contributed by atoms with Crippen LogP contribution in [0.5, 0.6) is 0 Å². The van der Waals surface area contributed by atoms with E-state index in [9.17, 15) is 9.59 Å². The number of hydrogen-bond acceptors (Lipinski definition) is 4. The Morgan fingerprint density at radius 2 is 1.78 bits per heavy atom. The Morgan fingerprint density at radius 3 is 2.47 bits per heavy atom. The van der Waals surface area contributed by atoms with E-state index in [-0.39, 0.29) is 17.8 Å². The van der Waals surface area contributed by atoms with Crippen molar-refractivity contribution in [2.75, 3.05) is 19.6 Å². The lowest BCUT2D eigenvalue weighted by Crippen LogP contribution is -2.39.